The van der Waals surface area contributed by atoms with Gasteiger partial charge in [-0.15, -0.1) is 0 Å². The van der Waals surface area contributed by atoms with Gasteiger partial charge in [0.1, 0.15) is 6.61 Å². The molecule has 0 spiro atoms. The molecule has 3 rings (SSSR count). The number of rotatable bonds is 7. The predicted octanol–water partition coefficient (Wildman–Crippen LogP) is 4.20. The number of ether oxygens (including phenoxy) is 1. The number of aliphatic carboxylic acids is 1. The molecule has 1 aliphatic rings. The molecule has 1 N–H and O–H groups in total. The molecule has 2 aromatic rings. The zero-order valence-electron chi connectivity index (χ0n) is 15.8. The normalized spacial score (nSPS) is 18.3. The molecule has 0 saturated carbocycles. The van der Waals surface area contributed by atoms with E-state index in [1.165, 1.54) is 5.56 Å². The van der Waals surface area contributed by atoms with E-state index >= 15 is 0 Å². The van der Waals surface area contributed by atoms with Gasteiger partial charge in [-0.3, -0.25) is 9.69 Å². The van der Waals surface area contributed by atoms with Crippen LogP contribution in [-0.2, 0) is 9.53 Å². The summed E-state index contributed by atoms with van der Waals surface area (Å²) in [6, 6.07) is 18.5. The Balaban J connectivity index is 1.66. The summed E-state index contributed by atoms with van der Waals surface area (Å²) in [6.45, 7) is 4.96. The number of carbonyl (C=O) groups is 1. The Bertz CT molecular complexity index is 785. The molecule has 27 heavy (non-hydrogen) atoms. The van der Waals surface area contributed by atoms with Gasteiger partial charge in [0, 0.05) is 18.7 Å². The highest BCUT2D eigenvalue weighted by Gasteiger charge is 2.24. The van der Waals surface area contributed by atoms with E-state index < -0.39 is 5.97 Å². The highest BCUT2D eigenvalue weighted by atomic mass is 16.5. The van der Waals surface area contributed by atoms with Gasteiger partial charge in [-0.25, -0.2) is 0 Å². The summed E-state index contributed by atoms with van der Waals surface area (Å²) in [5.41, 5.74) is 4.55. The topological polar surface area (TPSA) is 49.8 Å². The zero-order valence-corrected chi connectivity index (χ0v) is 15.8. The lowest BCUT2D eigenvalue weighted by molar-refractivity contribution is -0.143. The van der Waals surface area contributed by atoms with E-state index in [4.69, 9.17) is 4.74 Å². The fraction of sp³-hybridized carbons (Fsp3) is 0.348. The van der Waals surface area contributed by atoms with Crippen LogP contribution >= 0.6 is 0 Å². The molecule has 1 fully saturated rings. The van der Waals surface area contributed by atoms with E-state index in [9.17, 15) is 9.90 Å². The number of benzene rings is 2. The maximum Gasteiger partial charge on any atom is 0.307 e. The van der Waals surface area contributed by atoms with Crippen LogP contribution in [0.4, 0.5) is 0 Å². The van der Waals surface area contributed by atoms with E-state index in [1.807, 2.05) is 36.6 Å². The lowest BCUT2D eigenvalue weighted by Gasteiger charge is -2.30. The van der Waals surface area contributed by atoms with Gasteiger partial charge in [0.15, 0.2) is 0 Å². The van der Waals surface area contributed by atoms with Gasteiger partial charge < -0.3 is 9.84 Å². The summed E-state index contributed by atoms with van der Waals surface area (Å²) in [6.07, 6.45) is 3.56. The molecule has 1 atom stereocenters. The molecule has 0 bridgehead atoms. The van der Waals surface area contributed by atoms with Gasteiger partial charge in [0.2, 0.25) is 0 Å². The van der Waals surface area contributed by atoms with Gasteiger partial charge in [0.05, 0.1) is 12.2 Å². The first-order valence-corrected chi connectivity index (χ1v) is 9.53. The second-order valence-electron chi connectivity index (χ2n) is 7.06. The van der Waals surface area contributed by atoms with Crippen molar-refractivity contribution in [2.24, 2.45) is 5.92 Å². The Morgan fingerprint density at radius 3 is 2.67 bits per heavy atom. The highest BCUT2D eigenvalue weighted by Crippen LogP contribution is 2.26. The van der Waals surface area contributed by atoms with Crippen molar-refractivity contribution in [2.75, 3.05) is 26.2 Å². The van der Waals surface area contributed by atoms with Crippen molar-refractivity contribution in [3.8, 4) is 0 Å². The quantitative estimate of drug-likeness (QED) is 0.590. The van der Waals surface area contributed by atoms with Crippen molar-refractivity contribution in [1.29, 1.82) is 0 Å². The smallest absolute Gasteiger partial charge is 0.307 e. The van der Waals surface area contributed by atoms with Crippen molar-refractivity contribution in [3.63, 3.8) is 0 Å². The van der Waals surface area contributed by atoms with Crippen LogP contribution in [0.25, 0.3) is 5.57 Å². The molecule has 142 valence electrons. The summed E-state index contributed by atoms with van der Waals surface area (Å²) >= 11 is 0. The molecule has 1 heterocycles. The van der Waals surface area contributed by atoms with Gasteiger partial charge >= 0.3 is 5.97 Å². The summed E-state index contributed by atoms with van der Waals surface area (Å²) < 4.78 is 5.91. The number of carboxylic acid groups (broad SMARTS) is 1. The Labute approximate surface area is 161 Å². The van der Waals surface area contributed by atoms with Crippen LogP contribution in [0.3, 0.4) is 0 Å². The Morgan fingerprint density at radius 1 is 1.19 bits per heavy atom. The summed E-state index contributed by atoms with van der Waals surface area (Å²) in [5.74, 6) is -0.937. The third-order valence-electron chi connectivity index (χ3n) is 5.10. The number of likely N-dealkylation sites (tertiary alicyclic amines) is 1. The molecule has 0 amide bonds. The second-order valence-corrected chi connectivity index (χ2v) is 7.06. The third kappa shape index (κ3) is 5.20. The SMILES string of the molecule is Cc1ccccc1/C(=C\OCCN1CCC[C@@H](C(=O)O)C1)c1ccccc1. The van der Waals surface area contributed by atoms with Gasteiger partial charge in [-0.1, -0.05) is 54.6 Å². The van der Waals surface area contributed by atoms with E-state index in [-0.39, 0.29) is 5.92 Å². The van der Waals surface area contributed by atoms with Crippen molar-refractivity contribution < 1.29 is 14.6 Å². The van der Waals surface area contributed by atoms with Crippen LogP contribution < -0.4 is 0 Å². The third-order valence-corrected chi connectivity index (χ3v) is 5.10. The average molecular weight is 365 g/mol. The second kappa shape index (κ2) is 9.38. The number of hydrogen-bond acceptors (Lipinski definition) is 3. The molecule has 0 unspecified atom stereocenters. The first kappa shape index (κ1) is 19.2. The van der Waals surface area contributed by atoms with Crippen molar-refractivity contribution in [1.82, 2.24) is 4.90 Å². The fourth-order valence-corrected chi connectivity index (χ4v) is 3.56. The van der Waals surface area contributed by atoms with Crippen LogP contribution in [0.5, 0.6) is 0 Å². The minimum absolute atomic E-state index is 0.249. The monoisotopic (exact) mass is 365 g/mol. The Hall–Kier alpha value is -2.59. The number of hydrogen-bond donors (Lipinski definition) is 1. The van der Waals surface area contributed by atoms with Gasteiger partial charge in [0.25, 0.3) is 0 Å². The van der Waals surface area contributed by atoms with Crippen LogP contribution in [0, 0.1) is 12.8 Å². The van der Waals surface area contributed by atoms with Gasteiger partial charge in [-0.2, -0.15) is 0 Å². The molecule has 4 nitrogen and oxygen atoms in total. The van der Waals surface area contributed by atoms with E-state index in [0.29, 0.717) is 13.2 Å². The highest BCUT2D eigenvalue weighted by molar-refractivity contribution is 5.80. The largest absolute Gasteiger partial charge is 0.499 e. The Kier molecular flexibility index (Phi) is 6.66. The predicted molar refractivity (Wildman–Crippen MR) is 107 cm³/mol. The molecule has 4 heteroatoms. The molecule has 0 aliphatic carbocycles. The van der Waals surface area contributed by atoms with Crippen molar-refractivity contribution in [2.45, 2.75) is 19.8 Å². The Morgan fingerprint density at radius 2 is 1.93 bits per heavy atom. The number of carboxylic acids is 1. The standard InChI is InChI=1S/C23H27NO3/c1-18-8-5-6-12-21(18)22(19-9-3-2-4-10-19)17-27-15-14-24-13-7-11-20(16-24)23(25)26/h2-6,8-10,12,17,20H,7,11,13-16H2,1H3,(H,25,26)/b22-17-/t20-/m1/s1. The van der Waals surface area contributed by atoms with Crippen molar-refractivity contribution in [3.05, 3.63) is 77.5 Å². The first-order valence-electron chi connectivity index (χ1n) is 9.53. The minimum Gasteiger partial charge on any atom is -0.499 e. The summed E-state index contributed by atoms with van der Waals surface area (Å²) in [4.78, 5) is 13.4. The molecule has 0 aromatic heterocycles. The van der Waals surface area contributed by atoms with E-state index in [2.05, 4.69) is 36.1 Å². The van der Waals surface area contributed by atoms with E-state index in [1.54, 1.807) is 0 Å². The molecular formula is C23H27NO3. The lowest BCUT2D eigenvalue weighted by Crippen LogP contribution is -2.40. The fourth-order valence-electron chi connectivity index (χ4n) is 3.56. The molecule has 0 radical (unpaired) electrons. The number of piperidine rings is 1. The average Bonchev–Trinajstić information content (AvgIpc) is 2.70. The first-order chi connectivity index (χ1) is 13.1. The maximum absolute atomic E-state index is 11.2. The maximum atomic E-state index is 11.2. The number of aryl methyl sites for hydroxylation is 1. The van der Waals surface area contributed by atoms with E-state index in [0.717, 1.165) is 42.6 Å². The molecule has 1 aliphatic heterocycles. The summed E-state index contributed by atoms with van der Waals surface area (Å²) in [7, 11) is 0. The zero-order chi connectivity index (χ0) is 19.1. The molecular weight excluding hydrogens is 338 g/mol. The minimum atomic E-state index is -0.688. The van der Waals surface area contributed by atoms with Gasteiger partial charge in [-0.05, 0) is 43.0 Å². The molecule has 1 saturated heterocycles. The van der Waals surface area contributed by atoms with Crippen LogP contribution in [0.15, 0.2) is 60.9 Å². The molecule has 2 aromatic carbocycles. The van der Waals surface area contributed by atoms with Crippen LogP contribution in [-0.4, -0.2) is 42.2 Å². The lowest BCUT2D eigenvalue weighted by atomic mass is 9.95. The number of nitrogens with zero attached hydrogens (tertiary/aromatic N) is 1. The van der Waals surface area contributed by atoms with Crippen molar-refractivity contribution >= 4 is 11.5 Å². The summed E-state index contributed by atoms with van der Waals surface area (Å²) in [5, 5.41) is 9.21. The van der Waals surface area contributed by atoms with Crippen LogP contribution in [0.2, 0.25) is 0 Å². The van der Waals surface area contributed by atoms with Crippen LogP contribution in [0.1, 0.15) is 29.5 Å².